The summed E-state index contributed by atoms with van der Waals surface area (Å²) in [6.07, 6.45) is 7.03. The molecule has 4 heteroatoms. The molecule has 2 fully saturated rings. The molecule has 2 aliphatic carbocycles. The standard InChI is InChI=1S/C11H18N4/c1-8-13-14-10(15(8)9-3-4-9)7-11(12)5-2-6-11/h9H,2-7,12H2,1H3. The van der Waals surface area contributed by atoms with Crippen LogP contribution in [0, 0.1) is 6.92 Å². The van der Waals surface area contributed by atoms with E-state index >= 15 is 0 Å². The summed E-state index contributed by atoms with van der Waals surface area (Å²) in [6, 6.07) is 0.665. The molecule has 1 aromatic rings. The first kappa shape index (κ1) is 9.33. The number of aromatic nitrogens is 3. The minimum atomic E-state index is 0.0200. The van der Waals surface area contributed by atoms with Gasteiger partial charge in [0.25, 0.3) is 0 Å². The van der Waals surface area contributed by atoms with Crippen LogP contribution in [0.2, 0.25) is 0 Å². The molecule has 82 valence electrons. The van der Waals surface area contributed by atoms with Crippen molar-refractivity contribution < 1.29 is 0 Å². The highest BCUT2D eigenvalue weighted by atomic mass is 15.3. The minimum Gasteiger partial charge on any atom is -0.325 e. The second kappa shape index (κ2) is 3.04. The number of aryl methyl sites for hydroxylation is 1. The Kier molecular flexibility index (Phi) is 1.89. The van der Waals surface area contributed by atoms with E-state index in [0.717, 1.165) is 30.9 Å². The summed E-state index contributed by atoms with van der Waals surface area (Å²) in [5.41, 5.74) is 6.27. The van der Waals surface area contributed by atoms with Gasteiger partial charge in [0.2, 0.25) is 0 Å². The van der Waals surface area contributed by atoms with Gasteiger partial charge in [-0.25, -0.2) is 0 Å². The van der Waals surface area contributed by atoms with E-state index < -0.39 is 0 Å². The summed E-state index contributed by atoms with van der Waals surface area (Å²) in [6.45, 7) is 2.04. The van der Waals surface area contributed by atoms with Gasteiger partial charge in [-0.1, -0.05) is 0 Å². The van der Waals surface area contributed by atoms with Gasteiger partial charge >= 0.3 is 0 Å². The molecule has 3 rings (SSSR count). The maximum absolute atomic E-state index is 6.25. The Balaban J connectivity index is 1.84. The molecule has 0 bridgehead atoms. The molecule has 0 saturated heterocycles. The fraction of sp³-hybridized carbons (Fsp3) is 0.818. The summed E-state index contributed by atoms with van der Waals surface area (Å²) >= 11 is 0. The van der Waals surface area contributed by atoms with Crippen LogP contribution in [0.3, 0.4) is 0 Å². The van der Waals surface area contributed by atoms with Crippen molar-refractivity contribution in [3.05, 3.63) is 11.6 Å². The molecule has 4 nitrogen and oxygen atoms in total. The van der Waals surface area contributed by atoms with Crippen molar-refractivity contribution in [1.82, 2.24) is 14.8 Å². The second-order valence-corrected chi connectivity index (χ2v) is 5.16. The Hall–Kier alpha value is -0.900. The maximum Gasteiger partial charge on any atom is 0.135 e. The largest absolute Gasteiger partial charge is 0.325 e. The molecule has 0 amide bonds. The first-order valence-corrected chi connectivity index (χ1v) is 5.87. The summed E-state index contributed by atoms with van der Waals surface area (Å²) in [5.74, 6) is 2.16. The fourth-order valence-electron chi connectivity index (χ4n) is 2.46. The molecule has 0 spiro atoms. The van der Waals surface area contributed by atoms with Crippen molar-refractivity contribution in [2.75, 3.05) is 0 Å². The normalized spacial score (nSPS) is 23.9. The van der Waals surface area contributed by atoms with Crippen LogP contribution >= 0.6 is 0 Å². The lowest BCUT2D eigenvalue weighted by molar-refractivity contribution is 0.240. The summed E-state index contributed by atoms with van der Waals surface area (Å²) in [5, 5.41) is 8.45. The van der Waals surface area contributed by atoms with E-state index in [1.807, 2.05) is 6.92 Å². The lowest BCUT2D eigenvalue weighted by Crippen LogP contribution is -2.48. The number of nitrogens with zero attached hydrogens (tertiary/aromatic N) is 3. The van der Waals surface area contributed by atoms with Crippen LogP contribution in [-0.2, 0) is 6.42 Å². The number of nitrogens with two attached hydrogens (primary N) is 1. The monoisotopic (exact) mass is 206 g/mol. The highest BCUT2D eigenvalue weighted by molar-refractivity contribution is 5.08. The summed E-state index contributed by atoms with van der Waals surface area (Å²) < 4.78 is 2.30. The Morgan fingerprint density at radius 3 is 2.67 bits per heavy atom. The van der Waals surface area contributed by atoms with Crippen molar-refractivity contribution in [2.24, 2.45) is 5.73 Å². The average molecular weight is 206 g/mol. The minimum absolute atomic E-state index is 0.0200. The van der Waals surface area contributed by atoms with Gasteiger partial charge in [0.1, 0.15) is 11.6 Å². The van der Waals surface area contributed by atoms with Gasteiger partial charge in [0.05, 0.1) is 0 Å². The van der Waals surface area contributed by atoms with Crippen LogP contribution in [0.15, 0.2) is 0 Å². The predicted molar refractivity (Wildman–Crippen MR) is 57.5 cm³/mol. The van der Waals surface area contributed by atoms with Crippen LogP contribution in [0.25, 0.3) is 0 Å². The summed E-state index contributed by atoms with van der Waals surface area (Å²) in [4.78, 5) is 0. The molecular weight excluding hydrogens is 188 g/mol. The number of hydrogen-bond donors (Lipinski definition) is 1. The van der Waals surface area contributed by atoms with Crippen molar-refractivity contribution in [3.63, 3.8) is 0 Å². The van der Waals surface area contributed by atoms with Gasteiger partial charge in [-0.05, 0) is 39.0 Å². The number of hydrogen-bond acceptors (Lipinski definition) is 3. The third-order valence-corrected chi connectivity index (χ3v) is 3.71. The van der Waals surface area contributed by atoms with Gasteiger partial charge in [0, 0.05) is 18.0 Å². The van der Waals surface area contributed by atoms with Crippen molar-refractivity contribution in [3.8, 4) is 0 Å². The maximum atomic E-state index is 6.25. The third-order valence-electron chi connectivity index (χ3n) is 3.71. The van der Waals surface area contributed by atoms with Crippen LogP contribution in [0.4, 0.5) is 0 Å². The Morgan fingerprint density at radius 2 is 2.13 bits per heavy atom. The number of rotatable bonds is 3. The van der Waals surface area contributed by atoms with E-state index in [2.05, 4.69) is 14.8 Å². The second-order valence-electron chi connectivity index (χ2n) is 5.16. The molecule has 0 atom stereocenters. The SMILES string of the molecule is Cc1nnc(CC2(N)CCC2)n1C1CC1. The summed E-state index contributed by atoms with van der Waals surface area (Å²) in [7, 11) is 0. The molecule has 0 aromatic carbocycles. The van der Waals surface area contributed by atoms with Gasteiger partial charge < -0.3 is 10.3 Å². The van der Waals surface area contributed by atoms with E-state index in [0.29, 0.717) is 6.04 Å². The highest BCUT2D eigenvalue weighted by Gasteiger charge is 2.36. The van der Waals surface area contributed by atoms with Crippen LogP contribution in [-0.4, -0.2) is 20.3 Å². The van der Waals surface area contributed by atoms with E-state index in [-0.39, 0.29) is 5.54 Å². The van der Waals surface area contributed by atoms with Crippen LogP contribution in [0.5, 0.6) is 0 Å². The smallest absolute Gasteiger partial charge is 0.135 e. The third kappa shape index (κ3) is 1.57. The first-order chi connectivity index (χ1) is 7.18. The zero-order valence-electron chi connectivity index (χ0n) is 9.24. The van der Waals surface area contributed by atoms with Crippen molar-refractivity contribution in [2.45, 2.75) is 57.0 Å². The van der Waals surface area contributed by atoms with Gasteiger partial charge in [-0.2, -0.15) is 0 Å². The highest BCUT2D eigenvalue weighted by Crippen LogP contribution is 2.38. The molecule has 0 radical (unpaired) electrons. The lowest BCUT2D eigenvalue weighted by Gasteiger charge is -2.37. The molecule has 1 heterocycles. The Bertz CT molecular complexity index is 374. The molecule has 15 heavy (non-hydrogen) atoms. The van der Waals surface area contributed by atoms with E-state index in [1.54, 1.807) is 0 Å². The van der Waals surface area contributed by atoms with E-state index in [4.69, 9.17) is 5.73 Å². The lowest BCUT2D eigenvalue weighted by atomic mass is 9.75. The zero-order chi connectivity index (χ0) is 10.5. The predicted octanol–water partition coefficient (Wildman–Crippen LogP) is 1.35. The topological polar surface area (TPSA) is 56.7 Å². The molecule has 2 aliphatic rings. The quantitative estimate of drug-likeness (QED) is 0.812. The van der Waals surface area contributed by atoms with E-state index in [1.165, 1.54) is 19.3 Å². The average Bonchev–Trinajstić information content (AvgIpc) is 2.91. The fourth-order valence-corrected chi connectivity index (χ4v) is 2.46. The van der Waals surface area contributed by atoms with E-state index in [9.17, 15) is 0 Å². The molecule has 2 N–H and O–H groups in total. The van der Waals surface area contributed by atoms with Crippen molar-refractivity contribution in [1.29, 1.82) is 0 Å². The van der Waals surface area contributed by atoms with Gasteiger partial charge in [-0.3, -0.25) is 0 Å². The first-order valence-electron chi connectivity index (χ1n) is 5.87. The van der Waals surface area contributed by atoms with Gasteiger partial charge in [0.15, 0.2) is 0 Å². The van der Waals surface area contributed by atoms with Crippen LogP contribution in [0.1, 0.15) is 49.8 Å². The van der Waals surface area contributed by atoms with Gasteiger partial charge in [-0.15, -0.1) is 10.2 Å². The van der Waals surface area contributed by atoms with Crippen molar-refractivity contribution >= 4 is 0 Å². The molecule has 1 aromatic heterocycles. The molecular formula is C11H18N4. The molecule has 2 saturated carbocycles. The molecule has 0 aliphatic heterocycles. The zero-order valence-corrected chi connectivity index (χ0v) is 9.24. The Labute approximate surface area is 89.9 Å². The molecule has 0 unspecified atom stereocenters. The van der Waals surface area contributed by atoms with Crippen LogP contribution < -0.4 is 5.73 Å². The Morgan fingerprint density at radius 1 is 1.40 bits per heavy atom.